The lowest BCUT2D eigenvalue weighted by Crippen LogP contribution is -2.35. The predicted octanol–water partition coefficient (Wildman–Crippen LogP) is 3.54. The monoisotopic (exact) mass is 378 g/mol. The summed E-state index contributed by atoms with van der Waals surface area (Å²) in [4.78, 5) is 26.5. The van der Waals surface area contributed by atoms with E-state index in [9.17, 15) is 9.59 Å². The number of hydrogen-bond acceptors (Lipinski definition) is 4. The summed E-state index contributed by atoms with van der Waals surface area (Å²) in [5.41, 5.74) is 0.621. The molecule has 0 atom stereocenters. The molecule has 7 heteroatoms. The Hall–Kier alpha value is -2.18. The molecule has 2 aromatic rings. The molecule has 132 valence electrons. The van der Waals surface area contributed by atoms with E-state index in [-0.39, 0.29) is 24.1 Å². The number of anilines is 1. The van der Waals surface area contributed by atoms with Gasteiger partial charge in [0.2, 0.25) is 11.8 Å². The van der Waals surface area contributed by atoms with E-state index in [0.717, 1.165) is 4.90 Å². The summed E-state index contributed by atoms with van der Waals surface area (Å²) >= 11 is 7.41. The Kier molecular flexibility index (Phi) is 7.16. The van der Waals surface area contributed by atoms with Gasteiger partial charge in [0.1, 0.15) is 5.75 Å². The summed E-state index contributed by atoms with van der Waals surface area (Å²) in [5.74, 6) is 0.447. The molecule has 0 saturated carbocycles. The highest BCUT2D eigenvalue weighted by molar-refractivity contribution is 8.00. The van der Waals surface area contributed by atoms with Crippen molar-refractivity contribution < 1.29 is 14.3 Å². The van der Waals surface area contributed by atoms with Crippen molar-refractivity contribution in [2.24, 2.45) is 0 Å². The van der Waals surface area contributed by atoms with E-state index in [1.807, 2.05) is 18.2 Å². The lowest BCUT2D eigenvalue weighted by atomic mass is 10.3. The molecule has 0 bridgehead atoms. The normalized spacial score (nSPS) is 10.2. The second-order valence-electron chi connectivity index (χ2n) is 5.25. The van der Waals surface area contributed by atoms with Gasteiger partial charge in [-0.15, -0.1) is 11.8 Å². The van der Waals surface area contributed by atoms with Crippen LogP contribution >= 0.6 is 23.4 Å². The van der Waals surface area contributed by atoms with Gasteiger partial charge in [0.25, 0.3) is 0 Å². The largest absolute Gasteiger partial charge is 0.497 e. The predicted molar refractivity (Wildman–Crippen MR) is 101 cm³/mol. The highest BCUT2D eigenvalue weighted by Gasteiger charge is 2.14. The fourth-order valence-electron chi connectivity index (χ4n) is 2.02. The Morgan fingerprint density at radius 2 is 1.96 bits per heavy atom. The Morgan fingerprint density at radius 1 is 1.20 bits per heavy atom. The number of rotatable bonds is 7. The molecule has 5 nitrogen and oxygen atoms in total. The molecule has 25 heavy (non-hydrogen) atoms. The molecule has 2 rings (SSSR count). The van der Waals surface area contributed by atoms with Crippen LogP contribution in [0.1, 0.15) is 0 Å². The van der Waals surface area contributed by atoms with Crippen LogP contribution in [-0.2, 0) is 9.59 Å². The van der Waals surface area contributed by atoms with Gasteiger partial charge in [-0.05, 0) is 24.3 Å². The minimum absolute atomic E-state index is 0.0286. The third-order valence-electron chi connectivity index (χ3n) is 3.35. The highest BCUT2D eigenvalue weighted by atomic mass is 35.5. The van der Waals surface area contributed by atoms with Crippen molar-refractivity contribution >= 4 is 40.9 Å². The standard InChI is InChI=1S/C18H19ClN2O3S/c1-21(18(23)12-25-16-9-4-3-8-15(16)19)11-17(22)20-13-6-5-7-14(10-13)24-2/h3-10H,11-12H2,1-2H3,(H,20,22). The maximum atomic E-state index is 12.2. The Bertz CT molecular complexity index is 755. The van der Waals surface area contributed by atoms with Crippen LogP contribution in [0.25, 0.3) is 0 Å². The molecule has 0 aliphatic heterocycles. The zero-order valence-corrected chi connectivity index (χ0v) is 15.6. The number of carbonyl (C=O) groups excluding carboxylic acids is 2. The third-order valence-corrected chi connectivity index (χ3v) is 4.85. The number of thioether (sulfide) groups is 1. The van der Waals surface area contributed by atoms with E-state index in [4.69, 9.17) is 16.3 Å². The zero-order valence-electron chi connectivity index (χ0n) is 14.0. The molecule has 0 aliphatic carbocycles. The first-order valence-electron chi connectivity index (χ1n) is 7.55. The van der Waals surface area contributed by atoms with Gasteiger partial charge >= 0.3 is 0 Å². The van der Waals surface area contributed by atoms with Crippen molar-refractivity contribution in [1.82, 2.24) is 4.90 Å². The minimum atomic E-state index is -0.271. The summed E-state index contributed by atoms with van der Waals surface area (Å²) in [6, 6.07) is 14.4. The molecular weight excluding hydrogens is 360 g/mol. The molecule has 0 unspecified atom stereocenters. The van der Waals surface area contributed by atoms with Gasteiger partial charge in [-0.3, -0.25) is 9.59 Å². The summed E-state index contributed by atoms with van der Waals surface area (Å²) in [5, 5.41) is 3.35. The molecule has 1 N–H and O–H groups in total. The van der Waals surface area contributed by atoms with Crippen LogP contribution in [0.15, 0.2) is 53.4 Å². The summed E-state index contributed by atoms with van der Waals surface area (Å²) in [6.07, 6.45) is 0. The summed E-state index contributed by atoms with van der Waals surface area (Å²) in [6.45, 7) is -0.0286. The zero-order chi connectivity index (χ0) is 18.2. The van der Waals surface area contributed by atoms with Crippen LogP contribution < -0.4 is 10.1 Å². The lowest BCUT2D eigenvalue weighted by molar-refractivity contribution is -0.131. The van der Waals surface area contributed by atoms with Crippen molar-refractivity contribution in [3.05, 3.63) is 53.6 Å². The van der Waals surface area contributed by atoms with Crippen LogP contribution in [-0.4, -0.2) is 43.2 Å². The quantitative estimate of drug-likeness (QED) is 0.749. The van der Waals surface area contributed by atoms with E-state index >= 15 is 0 Å². The Labute approximate surface area is 156 Å². The third kappa shape index (κ3) is 5.99. The number of likely N-dealkylation sites (N-methyl/N-ethyl adjacent to an activating group) is 1. The number of nitrogens with one attached hydrogen (secondary N) is 1. The number of ether oxygens (including phenoxy) is 1. The average Bonchev–Trinajstić information content (AvgIpc) is 2.60. The second-order valence-corrected chi connectivity index (χ2v) is 6.67. The molecule has 0 saturated heterocycles. The van der Waals surface area contributed by atoms with Crippen LogP contribution in [0.2, 0.25) is 5.02 Å². The number of methoxy groups -OCH3 is 1. The molecule has 0 aliphatic rings. The van der Waals surface area contributed by atoms with Gasteiger partial charge in [-0.2, -0.15) is 0 Å². The first-order chi connectivity index (χ1) is 12.0. The minimum Gasteiger partial charge on any atom is -0.497 e. The number of nitrogens with zero attached hydrogens (tertiary/aromatic N) is 1. The van der Waals surface area contributed by atoms with Crippen molar-refractivity contribution in [2.45, 2.75) is 4.90 Å². The van der Waals surface area contributed by atoms with Gasteiger partial charge < -0.3 is 15.0 Å². The fraction of sp³-hybridized carbons (Fsp3) is 0.222. The van der Waals surface area contributed by atoms with Crippen molar-refractivity contribution in [3.8, 4) is 5.75 Å². The molecular formula is C18H19ClN2O3S. The van der Waals surface area contributed by atoms with Gasteiger partial charge in [0, 0.05) is 23.7 Å². The molecule has 2 amide bonds. The van der Waals surface area contributed by atoms with Gasteiger partial charge in [0.05, 0.1) is 24.4 Å². The Morgan fingerprint density at radius 3 is 2.68 bits per heavy atom. The highest BCUT2D eigenvalue weighted by Crippen LogP contribution is 2.26. The molecule has 0 radical (unpaired) electrons. The number of carbonyl (C=O) groups is 2. The second kappa shape index (κ2) is 9.34. The first-order valence-corrected chi connectivity index (χ1v) is 8.91. The van der Waals surface area contributed by atoms with Gasteiger partial charge in [-0.1, -0.05) is 29.8 Å². The number of amides is 2. The fourth-order valence-corrected chi connectivity index (χ4v) is 3.20. The average molecular weight is 379 g/mol. The van der Waals surface area contributed by atoms with E-state index in [1.54, 1.807) is 44.5 Å². The van der Waals surface area contributed by atoms with Crippen molar-refractivity contribution in [2.75, 3.05) is 31.8 Å². The van der Waals surface area contributed by atoms with E-state index in [1.165, 1.54) is 16.7 Å². The van der Waals surface area contributed by atoms with Gasteiger partial charge in [-0.25, -0.2) is 0 Å². The van der Waals surface area contributed by atoms with E-state index in [0.29, 0.717) is 16.5 Å². The topological polar surface area (TPSA) is 58.6 Å². The molecule has 0 fully saturated rings. The first kappa shape index (κ1) is 19.1. The van der Waals surface area contributed by atoms with Crippen LogP contribution in [0.5, 0.6) is 5.75 Å². The molecule has 0 spiro atoms. The van der Waals surface area contributed by atoms with Crippen LogP contribution in [0.3, 0.4) is 0 Å². The maximum Gasteiger partial charge on any atom is 0.243 e. The van der Waals surface area contributed by atoms with Crippen molar-refractivity contribution in [3.63, 3.8) is 0 Å². The molecule has 2 aromatic carbocycles. The van der Waals surface area contributed by atoms with Crippen molar-refractivity contribution in [1.29, 1.82) is 0 Å². The van der Waals surface area contributed by atoms with Crippen LogP contribution in [0.4, 0.5) is 5.69 Å². The summed E-state index contributed by atoms with van der Waals surface area (Å²) in [7, 11) is 3.16. The number of halogens is 1. The Balaban J connectivity index is 1.83. The van der Waals surface area contributed by atoms with Gasteiger partial charge in [0.15, 0.2) is 0 Å². The number of benzene rings is 2. The van der Waals surface area contributed by atoms with E-state index in [2.05, 4.69) is 5.32 Å². The smallest absolute Gasteiger partial charge is 0.243 e. The lowest BCUT2D eigenvalue weighted by Gasteiger charge is -2.17. The summed E-state index contributed by atoms with van der Waals surface area (Å²) < 4.78 is 5.11. The molecule has 0 heterocycles. The SMILES string of the molecule is COc1cccc(NC(=O)CN(C)C(=O)CSc2ccccc2Cl)c1. The number of hydrogen-bond donors (Lipinski definition) is 1. The maximum absolute atomic E-state index is 12.2. The van der Waals surface area contributed by atoms with Crippen LogP contribution in [0, 0.1) is 0 Å². The van der Waals surface area contributed by atoms with E-state index < -0.39 is 0 Å². The molecule has 0 aromatic heterocycles.